The number of nitrogens with zero attached hydrogens (tertiary/aromatic N) is 1. The Morgan fingerprint density at radius 1 is 1.30 bits per heavy atom. The molecule has 2 rings (SSSR count). The Balaban J connectivity index is 2.75. The van der Waals surface area contributed by atoms with Gasteiger partial charge in [0.25, 0.3) is 0 Å². The molecule has 20 heavy (non-hydrogen) atoms. The third-order valence-electron chi connectivity index (χ3n) is 3.98. The lowest BCUT2D eigenvalue weighted by Gasteiger charge is -2.11. The van der Waals surface area contributed by atoms with Crippen LogP contribution in [0.5, 0.6) is 0 Å². The van der Waals surface area contributed by atoms with E-state index in [1.165, 1.54) is 0 Å². The lowest BCUT2D eigenvalue weighted by molar-refractivity contribution is 0.0697. The van der Waals surface area contributed by atoms with Crippen LogP contribution in [0.1, 0.15) is 40.5 Å². The zero-order valence-corrected chi connectivity index (χ0v) is 12.2. The highest BCUT2D eigenvalue weighted by atomic mass is 16.4. The molecule has 0 aliphatic rings. The molecule has 1 aromatic carbocycles. The van der Waals surface area contributed by atoms with Crippen LogP contribution < -0.4 is 0 Å². The van der Waals surface area contributed by atoms with Gasteiger partial charge < -0.3 is 14.8 Å². The molecule has 0 saturated carbocycles. The fourth-order valence-electron chi connectivity index (χ4n) is 2.77. The van der Waals surface area contributed by atoms with E-state index < -0.39 is 5.97 Å². The number of carboxylic acid groups (broad SMARTS) is 1. The highest BCUT2D eigenvalue weighted by Gasteiger charge is 2.16. The van der Waals surface area contributed by atoms with Gasteiger partial charge in [0.2, 0.25) is 0 Å². The van der Waals surface area contributed by atoms with Crippen LogP contribution in [-0.2, 0) is 13.0 Å². The molecule has 0 aliphatic carbocycles. The monoisotopic (exact) mass is 275 g/mol. The van der Waals surface area contributed by atoms with Crippen LogP contribution in [0, 0.1) is 13.8 Å². The second-order valence-electron chi connectivity index (χ2n) is 5.13. The molecule has 0 aliphatic heterocycles. The largest absolute Gasteiger partial charge is 0.478 e. The standard InChI is InChI=1S/C16H21NO3/c1-4-12-8-13(16(19)20)9-14-10(2)11(3)17(15(12)14)6-5-7-18/h8-9,18H,4-7H2,1-3H3,(H,19,20). The van der Waals surface area contributed by atoms with E-state index in [-0.39, 0.29) is 6.61 Å². The summed E-state index contributed by atoms with van der Waals surface area (Å²) >= 11 is 0. The van der Waals surface area contributed by atoms with Crippen molar-refractivity contribution in [2.75, 3.05) is 6.61 Å². The molecule has 4 heteroatoms. The molecule has 4 nitrogen and oxygen atoms in total. The predicted molar refractivity (Wildman–Crippen MR) is 79.5 cm³/mol. The minimum atomic E-state index is -0.887. The first-order chi connectivity index (χ1) is 9.51. The van der Waals surface area contributed by atoms with Gasteiger partial charge in [-0.05, 0) is 49.9 Å². The number of aromatic nitrogens is 1. The van der Waals surface area contributed by atoms with Gasteiger partial charge in [-0.1, -0.05) is 6.92 Å². The number of carbonyl (C=O) groups is 1. The van der Waals surface area contributed by atoms with Gasteiger partial charge in [0.1, 0.15) is 0 Å². The molecule has 108 valence electrons. The molecular weight excluding hydrogens is 254 g/mol. The van der Waals surface area contributed by atoms with Crippen LogP contribution in [0.2, 0.25) is 0 Å². The van der Waals surface area contributed by atoms with Gasteiger partial charge in [-0.3, -0.25) is 0 Å². The molecule has 1 heterocycles. The first kappa shape index (κ1) is 14.6. The van der Waals surface area contributed by atoms with Crippen molar-refractivity contribution in [3.05, 3.63) is 34.5 Å². The van der Waals surface area contributed by atoms with E-state index in [1.54, 1.807) is 12.1 Å². The minimum Gasteiger partial charge on any atom is -0.478 e. The Hall–Kier alpha value is -1.81. The van der Waals surface area contributed by atoms with Gasteiger partial charge in [-0.2, -0.15) is 0 Å². The molecule has 0 radical (unpaired) electrons. The van der Waals surface area contributed by atoms with Gasteiger partial charge in [0.15, 0.2) is 0 Å². The molecule has 0 bridgehead atoms. The summed E-state index contributed by atoms with van der Waals surface area (Å²) in [5.41, 5.74) is 4.77. The summed E-state index contributed by atoms with van der Waals surface area (Å²) in [6, 6.07) is 3.52. The van der Waals surface area contributed by atoms with Gasteiger partial charge >= 0.3 is 5.97 Å². The lowest BCUT2D eigenvalue weighted by atomic mass is 10.0. The molecule has 0 atom stereocenters. The fourth-order valence-corrected chi connectivity index (χ4v) is 2.77. The molecule has 0 saturated heterocycles. The van der Waals surface area contributed by atoms with E-state index in [0.717, 1.165) is 40.7 Å². The number of aliphatic hydroxyl groups excluding tert-OH is 1. The highest BCUT2D eigenvalue weighted by Crippen LogP contribution is 2.30. The van der Waals surface area contributed by atoms with Gasteiger partial charge in [-0.15, -0.1) is 0 Å². The van der Waals surface area contributed by atoms with Crippen LogP contribution in [0.4, 0.5) is 0 Å². The third-order valence-corrected chi connectivity index (χ3v) is 3.98. The smallest absolute Gasteiger partial charge is 0.335 e. The van der Waals surface area contributed by atoms with Gasteiger partial charge in [0.05, 0.1) is 11.1 Å². The molecule has 2 N–H and O–H groups in total. The number of aromatic carboxylic acids is 1. The molecule has 0 unspecified atom stereocenters. The Kier molecular flexibility index (Phi) is 4.14. The van der Waals surface area contributed by atoms with E-state index in [4.69, 9.17) is 5.11 Å². The van der Waals surface area contributed by atoms with Crippen LogP contribution in [0.15, 0.2) is 12.1 Å². The number of aryl methyl sites for hydroxylation is 3. The number of hydrogen-bond donors (Lipinski definition) is 2. The summed E-state index contributed by atoms with van der Waals surface area (Å²) in [4.78, 5) is 11.2. The van der Waals surface area contributed by atoms with Crippen molar-refractivity contribution in [3.8, 4) is 0 Å². The van der Waals surface area contributed by atoms with Crippen molar-refractivity contribution in [1.29, 1.82) is 0 Å². The minimum absolute atomic E-state index is 0.160. The summed E-state index contributed by atoms with van der Waals surface area (Å²) in [6.45, 7) is 7.03. The molecule has 2 aromatic rings. The fraction of sp³-hybridized carbons (Fsp3) is 0.438. The van der Waals surface area contributed by atoms with Crippen molar-refractivity contribution in [3.63, 3.8) is 0 Å². The van der Waals surface area contributed by atoms with Gasteiger partial charge in [-0.25, -0.2) is 4.79 Å². The zero-order valence-electron chi connectivity index (χ0n) is 12.2. The van der Waals surface area contributed by atoms with E-state index in [0.29, 0.717) is 12.0 Å². The Labute approximate surface area is 118 Å². The number of aliphatic hydroxyl groups is 1. The average molecular weight is 275 g/mol. The maximum absolute atomic E-state index is 11.2. The first-order valence-corrected chi connectivity index (χ1v) is 6.97. The van der Waals surface area contributed by atoms with Crippen molar-refractivity contribution >= 4 is 16.9 Å². The molecule has 0 amide bonds. The number of rotatable bonds is 5. The summed E-state index contributed by atoms with van der Waals surface area (Å²) in [6.07, 6.45) is 1.49. The number of carboxylic acids is 1. The lowest BCUT2D eigenvalue weighted by Crippen LogP contribution is -2.05. The quantitative estimate of drug-likeness (QED) is 0.882. The second kappa shape index (κ2) is 5.67. The third kappa shape index (κ3) is 2.31. The van der Waals surface area contributed by atoms with E-state index in [1.807, 2.05) is 20.8 Å². The summed E-state index contributed by atoms with van der Waals surface area (Å²) in [5.74, 6) is -0.887. The molecule has 1 aromatic heterocycles. The number of hydrogen-bond acceptors (Lipinski definition) is 2. The molecule has 0 fully saturated rings. The van der Waals surface area contributed by atoms with Crippen LogP contribution in [0.3, 0.4) is 0 Å². The Morgan fingerprint density at radius 3 is 2.55 bits per heavy atom. The average Bonchev–Trinajstić information content (AvgIpc) is 2.68. The van der Waals surface area contributed by atoms with E-state index in [2.05, 4.69) is 4.57 Å². The number of benzene rings is 1. The zero-order chi connectivity index (χ0) is 14.9. The summed E-state index contributed by atoms with van der Waals surface area (Å²) in [5, 5.41) is 19.3. The van der Waals surface area contributed by atoms with Crippen molar-refractivity contribution in [2.45, 2.75) is 40.2 Å². The molecular formula is C16H21NO3. The Morgan fingerprint density at radius 2 is 2.00 bits per heavy atom. The van der Waals surface area contributed by atoms with Crippen molar-refractivity contribution < 1.29 is 15.0 Å². The van der Waals surface area contributed by atoms with E-state index >= 15 is 0 Å². The van der Waals surface area contributed by atoms with Gasteiger partial charge in [0, 0.05) is 24.2 Å². The predicted octanol–water partition coefficient (Wildman–Crippen LogP) is 2.90. The maximum Gasteiger partial charge on any atom is 0.335 e. The van der Waals surface area contributed by atoms with Crippen LogP contribution in [0.25, 0.3) is 10.9 Å². The maximum atomic E-state index is 11.2. The molecule has 0 spiro atoms. The normalized spacial score (nSPS) is 11.2. The summed E-state index contributed by atoms with van der Waals surface area (Å²) in [7, 11) is 0. The first-order valence-electron chi connectivity index (χ1n) is 6.97. The SMILES string of the molecule is CCc1cc(C(=O)O)cc2c(C)c(C)n(CCCO)c12. The van der Waals surface area contributed by atoms with Crippen LogP contribution in [-0.4, -0.2) is 27.4 Å². The summed E-state index contributed by atoms with van der Waals surface area (Å²) < 4.78 is 2.20. The van der Waals surface area contributed by atoms with E-state index in [9.17, 15) is 9.90 Å². The second-order valence-corrected chi connectivity index (χ2v) is 5.13. The van der Waals surface area contributed by atoms with Crippen LogP contribution >= 0.6 is 0 Å². The number of fused-ring (bicyclic) bond motifs is 1. The Bertz CT molecular complexity index is 656. The topological polar surface area (TPSA) is 62.5 Å². The van der Waals surface area contributed by atoms with Crippen molar-refractivity contribution in [2.24, 2.45) is 0 Å². The van der Waals surface area contributed by atoms with Crippen molar-refractivity contribution in [1.82, 2.24) is 4.57 Å². The highest BCUT2D eigenvalue weighted by molar-refractivity contribution is 5.97.